The van der Waals surface area contributed by atoms with Crippen molar-refractivity contribution in [3.63, 3.8) is 0 Å². The lowest BCUT2D eigenvalue weighted by atomic mass is 10.1. The van der Waals surface area contributed by atoms with Crippen molar-refractivity contribution in [1.29, 1.82) is 0 Å². The van der Waals surface area contributed by atoms with E-state index in [4.69, 9.17) is 0 Å². The van der Waals surface area contributed by atoms with Crippen LogP contribution in [0.25, 0.3) is 0 Å². The van der Waals surface area contributed by atoms with Crippen LogP contribution in [0, 0.1) is 5.92 Å². The maximum atomic E-state index is 3.63. The zero-order valence-corrected chi connectivity index (χ0v) is 9.62. The molecule has 1 saturated heterocycles. The monoisotopic (exact) mass is 202 g/mol. The number of rotatable bonds is 5. The van der Waals surface area contributed by atoms with Crippen molar-refractivity contribution in [2.24, 2.45) is 5.92 Å². The van der Waals surface area contributed by atoms with Gasteiger partial charge in [0.1, 0.15) is 0 Å². The van der Waals surface area contributed by atoms with E-state index in [0.29, 0.717) is 0 Å². The van der Waals surface area contributed by atoms with Crippen LogP contribution in [0.15, 0.2) is 0 Å². The van der Waals surface area contributed by atoms with E-state index in [0.717, 1.165) is 18.5 Å². The van der Waals surface area contributed by atoms with Crippen molar-refractivity contribution in [3.05, 3.63) is 0 Å². The van der Waals surface area contributed by atoms with Crippen LogP contribution in [0.4, 0.5) is 0 Å². The van der Waals surface area contributed by atoms with Crippen molar-refractivity contribution >= 4 is 11.8 Å². The first-order valence-electron chi connectivity index (χ1n) is 5.26. The minimum atomic E-state index is 0.720. The predicted octanol–water partition coefficient (Wildman–Crippen LogP) is 1.33. The van der Waals surface area contributed by atoms with Crippen LogP contribution >= 0.6 is 11.8 Å². The molecule has 2 unspecified atom stereocenters. The SMILES string of the molecule is CSCC(C)CNC1CCCNC1. The molecule has 0 spiro atoms. The highest BCUT2D eigenvalue weighted by atomic mass is 32.2. The molecule has 13 heavy (non-hydrogen) atoms. The summed E-state index contributed by atoms with van der Waals surface area (Å²) in [6.45, 7) is 5.86. The van der Waals surface area contributed by atoms with Crippen molar-refractivity contribution in [2.75, 3.05) is 31.6 Å². The molecule has 0 radical (unpaired) electrons. The smallest absolute Gasteiger partial charge is 0.0193 e. The molecule has 0 aromatic rings. The van der Waals surface area contributed by atoms with E-state index in [9.17, 15) is 0 Å². The Bertz CT molecular complexity index is 124. The number of hydrogen-bond acceptors (Lipinski definition) is 3. The van der Waals surface area contributed by atoms with Gasteiger partial charge in [0, 0.05) is 12.6 Å². The first kappa shape index (κ1) is 11.3. The zero-order chi connectivity index (χ0) is 9.52. The van der Waals surface area contributed by atoms with Crippen molar-refractivity contribution in [2.45, 2.75) is 25.8 Å². The third-order valence-corrected chi connectivity index (χ3v) is 3.41. The Labute approximate surface area is 86.2 Å². The minimum Gasteiger partial charge on any atom is -0.315 e. The molecule has 0 aromatic carbocycles. The number of hydrogen-bond donors (Lipinski definition) is 2. The lowest BCUT2D eigenvalue weighted by Gasteiger charge is -2.25. The van der Waals surface area contributed by atoms with Gasteiger partial charge in [-0.05, 0) is 43.9 Å². The average Bonchev–Trinajstić information content (AvgIpc) is 2.17. The summed E-state index contributed by atoms with van der Waals surface area (Å²) in [5.41, 5.74) is 0. The summed E-state index contributed by atoms with van der Waals surface area (Å²) in [6, 6.07) is 0.720. The van der Waals surface area contributed by atoms with Crippen LogP contribution in [0.1, 0.15) is 19.8 Å². The van der Waals surface area contributed by atoms with E-state index < -0.39 is 0 Å². The molecule has 0 bridgehead atoms. The maximum Gasteiger partial charge on any atom is 0.0193 e. The summed E-state index contributed by atoms with van der Waals surface area (Å²) < 4.78 is 0. The number of thioether (sulfide) groups is 1. The van der Waals surface area contributed by atoms with Crippen molar-refractivity contribution < 1.29 is 0 Å². The lowest BCUT2D eigenvalue weighted by Crippen LogP contribution is -2.44. The van der Waals surface area contributed by atoms with E-state index >= 15 is 0 Å². The molecule has 2 atom stereocenters. The van der Waals surface area contributed by atoms with E-state index in [-0.39, 0.29) is 0 Å². The Hall–Kier alpha value is 0.270. The predicted molar refractivity (Wildman–Crippen MR) is 61.4 cm³/mol. The Morgan fingerprint density at radius 1 is 1.62 bits per heavy atom. The van der Waals surface area contributed by atoms with Crippen LogP contribution in [0.2, 0.25) is 0 Å². The Balaban J connectivity index is 2.03. The highest BCUT2D eigenvalue weighted by Gasteiger charge is 2.12. The van der Waals surface area contributed by atoms with Crippen LogP contribution in [0.3, 0.4) is 0 Å². The van der Waals surface area contributed by atoms with Gasteiger partial charge in [-0.25, -0.2) is 0 Å². The molecule has 1 aliphatic rings. The summed E-state index contributed by atoms with van der Waals surface area (Å²) in [4.78, 5) is 0. The van der Waals surface area contributed by atoms with E-state index in [1.54, 1.807) is 0 Å². The standard InChI is InChI=1S/C10H22N2S/c1-9(8-13-2)6-12-10-4-3-5-11-7-10/h9-12H,3-8H2,1-2H3. The van der Waals surface area contributed by atoms with Crippen molar-refractivity contribution in [1.82, 2.24) is 10.6 Å². The Morgan fingerprint density at radius 3 is 3.08 bits per heavy atom. The zero-order valence-electron chi connectivity index (χ0n) is 8.81. The van der Waals surface area contributed by atoms with Gasteiger partial charge in [0.2, 0.25) is 0 Å². The van der Waals surface area contributed by atoms with Gasteiger partial charge < -0.3 is 10.6 Å². The van der Waals surface area contributed by atoms with Gasteiger partial charge in [-0.1, -0.05) is 6.92 Å². The van der Waals surface area contributed by atoms with Gasteiger partial charge in [0.15, 0.2) is 0 Å². The molecular weight excluding hydrogens is 180 g/mol. The fourth-order valence-electron chi connectivity index (χ4n) is 1.74. The molecule has 1 aliphatic heterocycles. The molecule has 2 N–H and O–H groups in total. The second-order valence-corrected chi connectivity index (χ2v) is 4.92. The Kier molecular flexibility index (Phi) is 5.83. The second kappa shape index (κ2) is 6.68. The molecule has 1 fully saturated rings. The van der Waals surface area contributed by atoms with E-state index in [2.05, 4.69) is 23.8 Å². The summed E-state index contributed by atoms with van der Waals surface area (Å²) in [7, 11) is 0. The quantitative estimate of drug-likeness (QED) is 0.703. The highest BCUT2D eigenvalue weighted by Crippen LogP contribution is 2.05. The molecule has 78 valence electrons. The molecule has 2 nitrogen and oxygen atoms in total. The maximum absolute atomic E-state index is 3.63. The van der Waals surface area contributed by atoms with Crippen molar-refractivity contribution in [3.8, 4) is 0 Å². The largest absolute Gasteiger partial charge is 0.315 e. The highest BCUT2D eigenvalue weighted by molar-refractivity contribution is 7.98. The summed E-state index contributed by atoms with van der Waals surface area (Å²) in [5, 5.41) is 7.05. The first-order chi connectivity index (χ1) is 6.33. The molecular formula is C10H22N2S. The van der Waals surface area contributed by atoms with Gasteiger partial charge >= 0.3 is 0 Å². The lowest BCUT2D eigenvalue weighted by molar-refractivity contribution is 0.374. The summed E-state index contributed by atoms with van der Waals surface area (Å²) in [5.74, 6) is 2.07. The summed E-state index contributed by atoms with van der Waals surface area (Å²) in [6.07, 6.45) is 4.85. The molecule has 3 heteroatoms. The Morgan fingerprint density at radius 2 is 2.46 bits per heavy atom. The second-order valence-electron chi connectivity index (χ2n) is 4.01. The average molecular weight is 202 g/mol. The molecule has 0 aromatic heterocycles. The van der Waals surface area contributed by atoms with Crippen LogP contribution in [-0.4, -0.2) is 37.7 Å². The van der Waals surface area contributed by atoms with Gasteiger partial charge in [0.25, 0.3) is 0 Å². The van der Waals surface area contributed by atoms with Crippen LogP contribution in [0.5, 0.6) is 0 Å². The normalized spacial score (nSPS) is 25.8. The number of nitrogens with one attached hydrogen (secondary N) is 2. The summed E-state index contributed by atoms with van der Waals surface area (Å²) >= 11 is 1.94. The topological polar surface area (TPSA) is 24.1 Å². The van der Waals surface area contributed by atoms with Gasteiger partial charge in [-0.3, -0.25) is 0 Å². The molecule has 1 rings (SSSR count). The molecule has 1 heterocycles. The molecule has 0 amide bonds. The molecule has 0 saturated carbocycles. The van der Waals surface area contributed by atoms with Crippen LogP contribution in [-0.2, 0) is 0 Å². The molecule has 0 aliphatic carbocycles. The third-order valence-electron chi connectivity index (χ3n) is 2.50. The number of piperidine rings is 1. The van der Waals surface area contributed by atoms with E-state index in [1.165, 1.54) is 31.7 Å². The van der Waals surface area contributed by atoms with Gasteiger partial charge in [-0.15, -0.1) is 0 Å². The van der Waals surface area contributed by atoms with E-state index in [1.807, 2.05) is 11.8 Å². The van der Waals surface area contributed by atoms with Gasteiger partial charge in [0.05, 0.1) is 0 Å². The van der Waals surface area contributed by atoms with Gasteiger partial charge in [-0.2, -0.15) is 11.8 Å². The minimum absolute atomic E-state index is 0.720. The fraction of sp³-hybridized carbons (Fsp3) is 1.00. The van der Waals surface area contributed by atoms with Crippen LogP contribution < -0.4 is 10.6 Å². The third kappa shape index (κ3) is 4.89. The fourth-order valence-corrected chi connectivity index (χ4v) is 2.42. The first-order valence-corrected chi connectivity index (χ1v) is 6.65.